The van der Waals surface area contributed by atoms with Gasteiger partial charge in [0.2, 0.25) is 18.4 Å². The lowest BCUT2D eigenvalue weighted by Crippen LogP contribution is -2.44. The van der Waals surface area contributed by atoms with Crippen molar-refractivity contribution in [2.75, 3.05) is 60.3 Å². The Morgan fingerprint density at radius 1 is 1.06 bits per heavy atom. The third-order valence-electron chi connectivity index (χ3n) is 6.00. The second-order valence-corrected chi connectivity index (χ2v) is 8.67. The summed E-state index contributed by atoms with van der Waals surface area (Å²) >= 11 is 6.37. The van der Waals surface area contributed by atoms with E-state index in [4.69, 9.17) is 35.3 Å². The van der Waals surface area contributed by atoms with Crippen molar-refractivity contribution >= 4 is 22.5 Å². The standard InChI is InChI=1S/C24H27ClN4O5/c1-28-7-9-29(10-8-28)6-3-11-31-21-13-18-16(12-20(21)30-2)24(27-14-26-18)34-22-17(25)4-5-19-23(22)33-15-32-19/h4-5,12-14H,3,6-11,15H2,1-2H3. The molecule has 3 aromatic rings. The maximum Gasteiger partial charge on any atom is 0.231 e. The molecule has 10 heteroatoms. The monoisotopic (exact) mass is 486 g/mol. The molecule has 0 bridgehead atoms. The Hall–Kier alpha value is -3.01. The molecule has 1 aromatic heterocycles. The van der Waals surface area contributed by atoms with Crippen LogP contribution in [0.2, 0.25) is 5.02 Å². The van der Waals surface area contributed by atoms with Crippen molar-refractivity contribution in [2.24, 2.45) is 0 Å². The molecule has 2 aliphatic heterocycles. The van der Waals surface area contributed by atoms with Crippen LogP contribution in [0.15, 0.2) is 30.6 Å². The summed E-state index contributed by atoms with van der Waals surface area (Å²) in [7, 11) is 3.77. The summed E-state index contributed by atoms with van der Waals surface area (Å²) in [4.78, 5) is 13.5. The Morgan fingerprint density at radius 2 is 1.91 bits per heavy atom. The van der Waals surface area contributed by atoms with Gasteiger partial charge in [0.1, 0.15) is 6.33 Å². The van der Waals surface area contributed by atoms with E-state index in [1.807, 2.05) is 12.1 Å². The highest BCUT2D eigenvalue weighted by Crippen LogP contribution is 2.47. The van der Waals surface area contributed by atoms with Gasteiger partial charge in [0.25, 0.3) is 0 Å². The van der Waals surface area contributed by atoms with E-state index in [0.29, 0.717) is 57.2 Å². The van der Waals surface area contributed by atoms with Crippen molar-refractivity contribution in [3.05, 3.63) is 35.6 Å². The molecule has 0 unspecified atom stereocenters. The first-order valence-corrected chi connectivity index (χ1v) is 11.6. The van der Waals surface area contributed by atoms with Gasteiger partial charge in [0.15, 0.2) is 23.0 Å². The molecule has 1 saturated heterocycles. The maximum absolute atomic E-state index is 6.37. The number of fused-ring (bicyclic) bond motifs is 2. The molecule has 2 aromatic carbocycles. The summed E-state index contributed by atoms with van der Waals surface area (Å²) in [6.45, 7) is 6.13. The van der Waals surface area contributed by atoms with Gasteiger partial charge in [-0.2, -0.15) is 0 Å². The van der Waals surface area contributed by atoms with Gasteiger partial charge >= 0.3 is 0 Å². The molecular formula is C24H27ClN4O5. The summed E-state index contributed by atoms with van der Waals surface area (Å²) in [6.07, 6.45) is 2.37. The summed E-state index contributed by atoms with van der Waals surface area (Å²) in [5, 5.41) is 1.06. The van der Waals surface area contributed by atoms with Crippen LogP contribution in [0.4, 0.5) is 0 Å². The van der Waals surface area contributed by atoms with Crippen LogP contribution in [0.1, 0.15) is 6.42 Å². The summed E-state index contributed by atoms with van der Waals surface area (Å²) in [5.41, 5.74) is 0.667. The molecular weight excluding hydrogens is 460 g/mol. The van der Waals surface area contributed by atoms with E-state index < -0.39 is 0 Å². The normalized spacial score (nSPS) is 16.1. The van der Waals surface area contributed by atoms with Crippen LogP contribution in [-0.4, -0.2) is 80.0 Å². The molecule has 2 aliphatic rings. The second kappa shape index (κ2) is 10.1. The number of aromatic nitrogens is 2. The predicted molar refractivity (Wildman–Crippen MR) is 128 cm³/mol. The van der Waals surface area contributed by atoms with Gasteiger partial charge < -0.3 is 33.5 Å². The number of hydrogen-bond donors (Lipinski definition) is 0. The smallest absolute Gasteiger partial charge is 0.231 e. The maximum atomic E-state index is 6.37. The van der Waals surface area contributed by atoms with Crippen LogP contribution in [-0.2, 0) is 0 Å². The highest BCUT2D eigenvalue weighted by atomic mass is 35.5. The van der Waals surface area contributed by atoms with Crippen LogP contribution < -0.4 is 23.7 Å². The number of benzene rings is 2. The molecule has 180 valence electrons. The summed E-state index contributed by atoms with van der Waals surface area (Å²) < 4.78 is 28.7. The number of nitrogens with zero attached hydrogens (tertiary/aromatic N) is 4. The first kappa shape index (κ1) is 22.8. The van der Waals surface area contributed by atoms with Crippen molar-refractivity contribution in [3.63, 3.8) is 0 Å². The third-order valence-corrected chi connectivity index (χ3v) is 6.30. The minimum atomic E-state index is 0.111. The van der Waals surface area contributed by atoms with E-state index in [2.05, 4.69) is 26.8 Å². The molecule has 5 rings (SSSR count). The van der Waals surface area contributed by atoms with Crippen LogP contribution in [0.25, 0.3) is 10.9 Å². The first-order valence-electron chi connectivity index (χ1n) is 11.2. The number of ether oxygens (including phenoxy) is 5. The second-order valence-electron chi connectivity index (χ2n) is 8.26. The number of likely N-dealkylation sites (N-methyl/N-ethyl adjacent to an activating group) is 1. The number of rotatable bonds is 8. The van der Waals surface area contributed by atoms with Gasteiger partial charge in [-0.3, -0.25) is 0 Å². The highest BCUT2D eigenvalue weighted by molar-refractivity contribution is 6.32. The SMILES string of the molecule is COc1cc2c(Oc3c(Cl)ccc4c3OCO4)ncnc2cc1OCCCN1CCN(C)CC1. The van der Waals surface area contributed by atoms with Crippen molar-refractivity contribution in [2.45, 2.75) is 6.42 Å². The minimum Gasteiger partial charge on any atom is -0.493 e. The molecule has 0 atom stereocenters. The van der Waals surface area contributed by atoms with Gasteiger partial charge in [0, 0.05) is 38.8 Å². The summed E-state index contributed by atoms with van der Waals surface area (Å²) in [6, 6.07) is 7.10. The van der Waals surface area contributed by atoms with Crippen molar-refractivity contribution in [3.8, 4) is 34.6 Å². The van der Waals surface area contributed by atoms with E-state index in [1.54, 1.807) is 19.2 Å². The van der Waals surface area contributed by atoms with Crippen LogP contribution >= 0.6 is 11.6 Å². The van der Waals surface area contributed by atoms with Gasteiger partial charge in [-0.25, -0.2) is 9.97 Å². The Balaban J connectivity index is 1.32. The average Bonchev–Trinajstić information content (AvgIpc) is 3.33. The zero-order valence-corrected chi connectivity index (χ0v) is 20.0. The van der Waals surface area contributed by atoms with Crippen molar-refractivity contribution < 1.29 is 23.7 Å². The zero-order valence-electron chi connectivity index (χ0n) is 19.3. The highest BCUT2D eigenvalue weighted by Gasteiger charge is 2.24. The fraction of sp³-hybridized carbons (Fsp3) is 0.417. The van der Waals surface area contributed by atoms with Gasteiger partial charge in [-0.05, 0) is 31.7 Å². The van der Waals surface area contributed by atoms with Crippen molar-refractivity contribution in [1.29, 1.82) is 0 Å². The fourth-order valence-electron chi connectivity index (χ4n) is 4.05. The Morgan fingerprint density at radius 3 is 2.74 bits per heavy atom. The molecule has 0 aliphatic carbocycles. The molecule has 0 radical (unpaired) electrons. The van der Waals surface area contributed by atoms with E-state index in [0.717, 1.165) is 39.1 Å². The molecule has 9 nitrogen and oxygen atoms in total. The number of piperazine rings is 1. The topological polar surface area (TPSA) is 78.4 Å². The van der Waals surface area contributed by atoms with E-state index in [-0.39, 0.29) is 6.79 Å². The molecule has 3 heterocycles. The molecule has 0 N–H and O–H groups in total. The number of hydrogen-bond acceptors (Lipinski definition) is 9. The molecule has 34 heavy (non-hydrogen) atoms. The summed E-state index contributed by atoms with van der Waals surface area (Å²) in [5.74, 6) is 2.91. The Bertz CT molecular complexity index is 1170. The molecule has 0 saturated carbocycles. The van der Waals surface area contributed by atoms with E-state index >= 15 is 0 Å². The first-order chi connectivity index (χ1) is 16.6. The molecule has 0 amide bonds. The average molecular weight is 487 g/mol. The van der Waals surface area contributed by atoms with Crippen LogP contribution in [0.5, 0.6) is 34.6 Å². The van der Waals surface area contributed by atoms with Gasteiger partial charge in [0.05, 0.1) is 29.6 Å². The lowest BCUT2D eigenvalue weighted by atomic mass is 10.2. The predicted octanol–water partition coefficient (Wildman–Crippen LogP) is 3.83. The molecule has 1 fully saturated rings. The van der Waals surface area contributed by atoms with Gasteiger partial charge in [-0.1, -0.05) is 11.6 Å². The number of halogens is 1. The number of methoxy groups -OCH3 is 1. The lowest BCUT2D eigenvalue weighted by molar-refractivity contribution is 0.145. The van der Waals surface area contributed by atoms with E-state index in [9.17, 15) is 0 Å². The zero-order chi connectivity index (χ0) is 23.5. The quantitative estimate of drug-likeness (QED) is 0.441. The fourth-order valence-corrected chi connectivity index (χ4v) is 4.24. The lowest BCUT2D eigenvalue weighted by Gasteiger charge is -2.32. The van der Waals surface area contributed by atoms with E-state index in [1.165, 1.54) is 6.33 Å². The third kappa shape index (κ3) is 4.77. The minimum absolute atomic E-state index is 0.111. The van der Waals surface area contributed by atoms with Crippen LogP contribution in [0, 0.1) is 0 Å². The van der Waals surface area contributed by atoms with Crippen molar-refractivity contribution in [1.82, 2.24) is 19.8 Å². The largest absolute Gasteiger partial charge is 0.493 e. The Labute approximate surface area is 203 Å². The van der Waals surface area contributed by atoms with Crippen LogP contribution in [0.3, 0.4) is 0 Å². The molecule has 0 spiro atoms. The van der Waals surface area contributed by atoms with Gasteiger partial charge in [-0.15, -0.1) is 0 Å². The Kier molecular flexibility index (Phi) is 6.75.